The average Bonchev–Trinajstić information content (AvgIpc) is 3.74. The molecule has 4 aliphatic heterocycles. The van der Waals surface area contributed by atoms with E-state index in [4.69, 9.17) is 42.6 Å². The molecule has 444 valence electrons. The zero-order valence-electron chi connectivity index (χ0n) is 46.3. The summed E-state index contributed by atoms with van der Waals surface area (Å²) in [5.41, 5.74) is -1.32. The first-order valence-electron chi connectivity index (χ1n) is 28.1. The second kappa shape index (κ2) is 23.6. The van der Waals surface area contributed by atoms with Crippen LogP contribution in [0.15, 0.2) is 11.6 Å². The Kier molecular flexibility index (Phi) is 18.8. The van der Waals surface area contributed by atoms with Crippen molar-refractivity contribution < 1.29 is 109 Å². The Morgan fingerprint density at radius 2 is 1.27 bits per heavy atom. The van der Waals surface area contributed by atoms with Gasteiger partial charge in [0.1, 0.15) is 92.1 Å². The highest BCUT2D eigenvalue weighted by atomic mass is 16.8. The van der Waals surface area contributed by atoms with E-state index in [9.17, 15) is 66.1 Å². The molecule has 8 fully saturated rings. The van der Waals surface area contributed by atoms with Crippen LogP contribution in [0, 0.1) is 45.3 Å². The van der Waals surface area contributed by atoms with Gasteiger partial charge in [-0.15, -0.1) is 0 Å². The third-order valence-corrected chi connectivity index (χ3v) is 20.7. The minimum Gasteiger partial charge on any atom is -0.463 e. The molecule has 0 spiro atoms. The van der Waals surface area contributed by atoms with Gasteiger partial charge in [-0.25, -0.2) is 0 Å². The summed E-state index contributed by atoms with van der Waals surface area (Å²) in [5, 5.41) is 131. The molecule has 0 aromatic heterocycles. The van der Waals surface area contributed by atoms with Crippen molar-refractivity contribution in [1.82, 2.24) is 0 Å². The molecule has 4 saturated heterocycles. The molecule has 22 heteroatoms. The fraction of sp³-hybridized carbons (Fsp3) is 0.945. The predicted octanol–water partition coefficient (Wildman–Crippen LogP) is 0.0365. The van der Waals surface area contributed by atoms with Crippen molar-refractivity contribution in [2.24, 2.45) is 45.3 Å². The number of hydrogen-bond donors (Lipinski definition) is 12. The minimum atomic E-state index is -1.80. The van der Waals surface area contributed by atoms with Crippen LogP contribution in [0.25, 0.3) is 0 Å². The van der Waals surface area contributed by atoms with Gasteiger partial charge in [0.2, 0.25) is 0 Å². The molecule has 22 nitrogen and oxygen atoms in total. The van der Waals surface area contributed by atoms with Gasteiger partial charge in [-0.05, 0) is 130 Å². The molecule has 4 saturated carbocycles. The number of fused-ring (bicyclic) bond motifs is 5. The first-order chi connectivity index (χ1) is 36.0. The van der Waals surface area contributed by atoms with Gasteiger partial charge in [0.05, 0.1) is 37.6 Å². The standard InChI is InChI=1S/C55H92O22/c1-25(2)11-10-17-55(68,24-71-48-43(66)41(64)38(61)31(21-56)73-48)29-14-19-53(8)28(29)12-13-34-52(7)18-16-35(51(5,6)33(52)15-20-54(34,53)9)75-50-46(77-49-44(67)40(63)36(59)26(3)72-49)45(39(62)32(74-50)23-69-27(4)57)76-47-42(65)37(60)30(58)22-70-47/h11,26,28-50,56,58-68H,10,12-24H2,1-9H3/t26-,28+,29-,30+,31+,32+,33?,34+,35-,36-,37-,38+,39+,40+,41-,42+,43+,44+,45-,46+,47-,48+,49-,50-,52-,53+,54+,55+/m0/s1. The van der Waals surface area contributed by atoms with E-state index in [1.165, 1.54) is 13.8 Å². The summed E-state index contributed by atoms with van der Waals surface area (Å²) in [7, 11) is 0. The summed E-state index contributed by atoms with van der Waals surface area (Å²) in [6, 6.07) is 0. The molecule has 0 aromatic carbocycles. The Morgan fingerprint density at radius 1 is 0.636 bits per heavy atom. The van der Waals surface area contributed by atoms with Crippen molar-refractivity contribution in [1.29, 1.82) is 0 Å². The predicted molar refractivity (Wildman–Crippen MR) is 268 cm³/mol. The van der Waals surface area contributed by atoms with E-state index in [2.05, 4.69) is 40.7 Å². The van der Waals surface area contributed by atoms with Gasteiger partial charge in [0.25, 0.3) is 0 Å². The largest absolute Gasteiger partial charge is 0.463 e. The Morgan fingerprint density at radius 3 is 1.95 bits per heavy atom. The van der Waals surface area contributed by atoms with Gasteiger partial charge >= 0.3 is 5.97 Å². The molecule has 8 aliphatic rings. The number of rotatable bonds is 16. The Hall–Kier alpha value is -1.59. The molecule has 4 aliphatic carbocycles. The van der Waals surface area contributed by atoms with E-state index in [0.29, 0.717) is 19.3 Å². The summed E-state index contributed by atoms with van der Waals surface area (Å²) in [4.78, 5) is 12.2. The lowest BCUT2D eigenvalue weighted by Crippen LogP contribution is -2.68. The zero-order valence-corrected chi connectivity index (χ0v) is 46.3. The molecule has 0 amide bonds. The van der Waals surface area contributed by atoms with Crippen LogP contribution in [0.5, 0.6) is 0 Å². The highest BCUT2D eigenvalue weighted by Gasteiger charge is 2.70. The number of aliphatic hydroxyl groups is 12. The molecule has 8 rings (SSSR count). The van der Waals surface area contributed by atoms with Crippen molar-refractivity contribution in [3.05, 3.63) is 11.6 Å². The van der Waals surface area contributed by atoms with Gasteiger partial charge in [-0.3, -0.25) is 4.79 Å². The average molecular weight is 1110 g/mol. The molecule has 1 unspecified atom stereocenters. The number of allylic oxidation sites excluding steroid dienone is 2. The normalized spacial score (nSPS) is 50.6. The van der Waals surface area contributed by atoms with E-state index in [0.717, 1.165) is 50.5 Å². The maximum atomic E-state index is 13.0. The highest BCUT2D eigenvalue weighted by Crippen LogP contribution is 2.76. The molecule has 77 heavy (non-hydrogen) atoms. The SMILES string of the molecule is CC(=O)OC[C@H]1O[C@@H](O[C@H]2CC[C@@]3(C)C(CC[C@]4(C)[C@@H]3CC[C@@H]3[C@@H]([C@@](O)(CCC=C(C)C)CO[C@@H]5O[C@H](CO)[C@@H](O)[C@H](O)[C@H]5O)CC[C@]34C)C2(C)C)[C@H](O[C@@H]2O[C@@H](C)[C@H](O)[C@@H](O)[C@H]2O)[C@@H](O[C@@H]2OC[C@@H](O)[C@H](O)[C@H]2O)[C@@H]1O. The van der Waals surface area contributed by atoms with Crippen LogP contribution in [0.4, 0.5) is 0 Å². The Balaban J connectivity index is 1.05. The maximum Gasteiger partial charge on any atom is 0.302 e. The summed E-state index contributed by atoms with van der Waals surface area (Å²) in [6.45, 7) is 16.6. The van der Waals surface area contributed by atoms with Crippen molar-refractivity contribution in [3.8, 4) is 0 Å². The first kappa shape index (κ1) is 61.5. The van der Waals surface area contributed by atoms with Crippen molar-refractivity contribution >= 4 is 5.97 Å². The highest BCUT2D eigenvalue weighted by molar-refractivity contribution is 5.65. The summed E-state index contributed by atoms with van der Waals surface area (Å²) >= 11 is 0. The Bertz CT molecular complexity index is 2030. The molecular weight excluding hydrogens is 1010 g/mol. The molecule has 12 N–H and O–H groups in total. The minimum absolute atomic E-state index is 0.106. The van der Waals surface area contributed by atoms with Crippen molar-refractivity contribution in [2.45, 2.75) is 255 Å². The summed E-state index contributed by atoms with van der Waals surface area (Å²) in [5.74, 6) is -0.346. The van der Waals surface area contributed by atoms with Crippen LogP contribution < -0.4 is 0 Å². The summed E-state index contributed by atoms with van der Waals surface area (Å²) in [6.07, 6.45) is -20.1. The zero-order chi connectivity index (χ0) is 56.5. The molecule has 0 aromatic rings. The van der Waals surface area contributed by atoms with Crippen LogP contribution in [-0.4, -0.2) is 222 Å². The quantitative estimate of drug-likeness (QED) is 0.0551. The number of aliphatic hydroxyl groups excluding tert-OH is 11. The lowest BCUT2D eigenvalue weighted by Gasteiger charge is -2.70. The fourth-order valence-electron chi connectivity index (χ4n) is 16.1. The molecule has 0 bridgehead atoms. The maximum absolute atomic E-state index is 13.0. The van der Waals surface area contributed by atoms with Crippen LogP contribution in [0.2, 0.25) is 0 Å². The van der Waals surface area contributed by atoms with E-state index in [1.54, 1.807) is 0 Å². The van der Waals surface area contributed by atoms with Crippen LogP contribution in [0.1, 0.15) is 127 Å². The second-order valence-electron chi connectivity index (χ2n) is 25.7. The van der Waals surface area contributed by atoms with Crippen LogP contribution in [0.3, 0.4) is 0 Å². The lowest BCUT2D eigenvalue weighted by atomic mass is 9.35. The van der Waals surface area contributed by atoms with Gasteiger partial charge in [-0.1, -0.05) is 46.3 Å². The molecule has 0 radical (unpaired) electrons. The molecule has 28 atom stereocenters. The van der Waals surface area contributed by atoms with E-state index in [1.807, 2.05) is 13.8 Å². The van der Waals surface area contributed by atoms with Crippen molar-refractivity contribution in [2.75, 3.05) is 26.4 Å². The fourth-order valence-corrected chi connectivity index (χ4v) is 16.1. The van der Waals surface area contributed by atoms with Gasteiger partial charge in [0, 0.05) is 6.92 Å². The molecule has 4 heterocycles. The third kappa shape index (κ3) is 11.3. The Labute approximate surface area is 451 Å². The van der Waals surface area contributed by atoms with Gasteiger partial charge in [0.15, 0.2) is 25.2 Å². The van der Waals surface area contributed by atoms with E-state index >= 15 is 0 Å². The summed E-state index contributed by atoms with van der Waals surface area (Å²) < 4.78 is 55.0. The number of carbonyl (C=O) groups excluding carboxylic acids is 1. The molecular formula is C55H92O22. The van der Waals surface area contributed by atoms with Crippen molar-refractivity contribution in [3.63, 3.8) is 0 Å². The van der Waals surface area contributed by atoms with Gasteiger partial charge in [-0.2, -0.15) is 0 Å². The monoisotopic (exact) mass is 1100 g/mol. The van der Waals surface area contributed by atoms with E-state index in [-0.39, 0.29) is 46.5 Å². The smallest absolute Gasteiger partial charge is 0.302 e. The number of hydrogen-bond acceptors (Lipinski definition) is 22. The van der Waals surface area contributed by atoms with Gasteiger partial charge < -0.3 is 104 Å². The second-order valence-corrected chi connectivity index (χ2v) is 25.7. The van der Waals surface area contributed by atoms with Crippen LogP contribution in [-0.2, 0) is 47.4 Å². The van der Waals surface area contributed by atoms with Crippen LogP contribution >= 0.6 is 0 Å². The first-order valence-corrected chi connectivity index (χ1v) is 28.1. The lowest BCUT2D eigenvalue weighted by molar-refractivity contribution is -0.395. The van der Waals surface area contributed by atoms with E-state index < -0.39 is 160 Å². The third-order valence-electron chi connectivity index (χ3n) is 20.7. The number of carbonyl (C=O) groups is 1. The number of ether oxygens (including phenoxy) is 9. The topological polar surface area (TPSA) is 343 Å². The number of esters is 1.